The summed E-state index contributed by atoms with van der Waals surface area (Å²) in [5, 5.41) is 4.45. The van der Waals surface area contributed by atoms with Crippen LogP contribution in [0.4, 0.5) is 0 Å². The van der Waals surface area contributed by atoms with Crippen LogP contribution in [0.5, 0.6) is 0 Å². The number of hydrogen-bond acceptors (Lipinski definition) is 2. The number of para-hydroxylation sites is 3. The van der Waals surface area contributed by atoms with Crippen molar-refractivity contribution >= 4 is 44.1 Å². The fourth-order valence-corrected chi connectivity index (χ4v) is 3.77. The molecule has 6 rings (SSSR count). The zero-order chi connectivity index (χ0) is 16.4. The Morgan fingerprint density at radius 3 is 1.56 bits per heavy atom. The van der Waals surface area contributed by atoms with Gasteiger partial charge in [-0.25, -0.2) is 4.57 Å². The van der Waals surface area contributed by atoms with E-state index in [9.17, 15) is 0 Å². The first-order valence-corrected chi connectivity index (χ1v) is 8.30. The molecule has 0 saturated carbocycles. The molecule has 0 aliphatic heterocycles. The van der Waals surface area contributed by atoms with Crippen LogP contribution in [0.2, 0.25) is 0 Å². The maximum atomic E-state index is 6.23. The number of hydrogen-bond donors (Lipinski definition) is 0. The van der Waals surface area contributed by atoms with Gasteiger partial charge in [0.15, 0.2) is 0 Å². The average Bonchev–Trinajstić information content (AvgIpc) is 3.29. The second-order valence-electron chi connectivity index (χ2n) is 6.23. The van der Waals surface area contributed by atoms with Crippen LogP contribution in [0.3, 0.4) is 0 Å². The number of rotatable bonds is 1. The lowest BCUT2D eigenvalue weighted by molar-refractivity contribution is 0.615. The lowest BCUT2D eigenvalue weighted by Gasteiger charge is -2.02. The molecule has 3 aromatic carbocycles. The van der Waals surface area contributed by atoms with Gasteiger partial charge in [-0.05, 0) is 24.3 Å². The Morgan fingerprint density at radius 1 is 0.520 bits per heavy atom. The van der Waals surface area contributed by atoms with Crippen molar-refractivity contribution in [1.29, 1.82) is 0 Å². The van der Waals surface area contributed by atoms with Gasteiger partial charge in [-0.15, -0.1) is 0 Å². The molecule has 0 fully saturated rings. The summed E-state index contributed by atoms with van der Waals surface area (Å²) in [7, 11) is 0. The van der Waals surface area contributed by atoms with Gasteiger partial charge in [-0.3, -0.25) is 0 Å². The summed E-state index contributed by atoms with van der Waals surface area (Å²) in [6, 6.07) is 26.5. The van der Waals surface area contributed by atoms with E-state index in [1.807, 2.05) is 54.6 Å². The minimum Gasteiger partial charge on any atom is -0.439 e. The van der Waals surface area contributed by atoms with Crippen LogP contribution in [-0.4, -0.2) is 4.57 Å². The van der Waals surface area contributed by atoms with Gasteiger partial charge in [0.05, 0.1) is 16.5 Å². The van der Waals surface area contributed by atoms with Crippen LogP contribution in [0.15, 0.2) is 87.7 Å². The first-order valence-electron chi connectivity index (χ1n) is 8.30. The summed E-state index contributed by atoms with van der Waals surface area (Å²) in [4.78, 5) is 0. The Morgan fingerprint density at radius 2 is 1.00 bits per heavy atom. The van der Waals surface area contributed by atoms with Crippen molar-refractivity contribution in [2.45, 2.75) is 0 Å². The van der Waals surface area contributed by atoms with Crippen molar-refractivity contribution in [1.82, 2.24) is 4.57 Å². The molecule has 3 aromatic heterocycles. The second-order valence-corrected chi connectivity index (χ2v) is 6.23. The third-order valence-electron chi connectivity index (χ3n) is 4.82. The van der Waals surface area contributed by atoms with E-state index in [1.165, 1.54) is 0 Å². The highest BCUT2D eigenvalue weighted by molar-refractivity contribution is 6.26. The molecule has 0 bridgehead atoms. The fraction of sp³-hybridized carbons (Fsp3) is 0. The van der Waals surface area contributed by atoms with Crippen molar-refractivity contribution < 1.29 is 8.83 Å². The van der Waals surface area contributed by atoms with Gasteiger partial charge >= 0.3 is 0 Å². The molecule has 0 atom stereocenters. The van der Waals surface area contributed by atoms with Crippen molar-refractivity contribution in [3.8, 4) is 5.69 Å². The molecule has 118 valence electrons. The van der Waals surface area contributed by atoms with E-state index in [0.29, 0.717) is 0 Å². The van der Waals surface area contributed by atoms with E-state index in [0.717, 1.165) is 49.8 Å². The zero-order valence-electron chi connectivity index (χ0n) is 13.3. The summed E-state index contributed by atoms with van der Waals surface area (Å²) in [6.07, 6.45) is 0. The summed E-state index contributed by atoms with van der Waals surface area (Å²) in [5.41, 5.74) is 4.47. The minimum atomic E-state index is 0.826. The maximum absolute atomic E-state index is 6.23. The Bertz CT molecular complexity index is 1300. The van der Waals surface area contributed by atoms with Crippen molar-refractivity contribution in [2.24, 2.45) is 0 Å². The SMILES string of the molecule is c1ccc(-n2c3oc4ccccc4c3c3c4ccccc4oc32)cc1. The van der Waals surface area contributed by atoms with E-state index in [1.54, 1.807) is 0 Å². The van der Waals surface area contributed by atoms with Gasteiger partial charge in [0, 0.05) is 10.8 Å². The molecule has 25 heavy (non-hydrogen) atoms. The van der Waals surface area contributed by atoms with Gasteiger partial charge < -0.3 is 8.83 Å². The Hall–Kier alpha value is -3.46. The number of fused-ring (bicyclic) bond motifs is 7. The molecular weight excluding hydrogens is 310 g/mol. The molecular formula is C22H13NO2. The molecule has 3 heterocycles. The van der Waals surface area contributed by atoms with Crippen molar-refractivity contribution in [3.63, 3.8) is 0 Å². The summed E-state index contributed by atoms with van der Waals surface area (Å²) >= 11 is 0. The Kier molecular flexibility index (Phi) is 2.35. The van der Waals surface area contributed by atoms with Gasteiger partial charge in [0.25, 0.3) is 0 Å². The molecule has 6 aromatic rings. The van der Waals surface area contributed by atoms with Crippen LogP contribution in [0.1, 0.15) is 0 Å². The van der Waals surface area contributed by atoms with Crippen LogP contribution in [0.25, 0.3) is 49.8 Å². The average molecular weight is 323 g/mol. The predicted molar refractivity (Wildman–Crippen MR) is 100 cm³/mol. The van der Waals surface area contributed by atoms with Gasteiger partial charge in [-0.1, -0.05) is 54.6 Å². The number of benzene rings is 3. The molecule has 0 aliphatic carbocycles. The number of furan rings is 2. The smallest absolute Gasteiger partial charge is 0.216 e. The third kappa shape index (κ3) is 1.59. The zero-order valence-corrected chi connectivity index (χ0v) is 13.3. The van der Waals surface area contributed by atoms with Crippen LogP contribution in [-0.2, 0) is 0 Å². The highest BCUT2D eigenvalue weighted by Gasteiger charge is 2.23. The number of aromatic nitrogens is 1. The molecule has 0 radical (unpaired) electrons. The largest absolute Gasteiger partial charge is 0.439 e. The van der Waals surface area contributed by atoms with Gasteiger partial charge in [0.1, 0.15) is 11.2 Å². The van der Waals surface area contributed by atoms with E-state index in [-0.39, 0.29) is 0 Å². The normalized spacial score (nSPS) is 12.0. The number of nitrogens with zero attached hydrogens (tertiary/aromatic N) is 1. The van der Waals surface area contributed by atoms with Gasteiger partial charge in [-0.2, -0.15) is 0 Å². The summed E-state index contributed by atoms with van der Waals surface area (Å²) in [6.45, 7) is 0. The maximum Gasteiger partial charge on any atom is 0.216 e. The van der Waals surface area contributed by atoms with Crippen LogP contribution in [0, 0.1) is 0 Å². The lowest BCUT2D eigenvalue weighted by Crippen LogP contribution is -1.91. The third-order valence-corrected chi connectivity index (χ3v) is 4.82. The fourth-order valence-electron chi connectivity index (χ4n) is 3.77. The second kappa shape index (κ2) is 4.54. The first kappa shape index (κ1) is 12.9. The molecule has 0 unspecified atom stereocenters. The minimum absolute atomic E-state index is 0.826. The highest BCUT2D eigenvalue weighted by Crippen LogP contribution is 2.43. The molecule has 0 N–H and O–H groups in total. The monoisotopic (exact) mass is 323 g/mol. The van der Waals surface area contributed by atoms with Gasteiger partial charge in [0.2, 0.25) is 11.4 Å². The molecule has 3 nitrogen and oxygen atoms in total. The molecule has 3 heteroatoms. The quantitative estimate of drug-likeness (QED) is 0.357. The first-order chi connectivity index (χ1) is 12.4. The molecule has 0 aliphatic rings. The van der Waals surface area contributed by atoms with E-state index < -0.39 is 0 Å². The summed E-state index contributed by atoms with van der Waals surface area (Å²) in [5.74, 6) is 0. The topological polar surface area (TPSA) is 31.2 Å². The molecule has 0 spiro atoms. The van der Waals surface area contributed by atoms with E-state index in [4.69, 9.17) is 8.83 Å². The van der Waals surface area contributed by atoms with E-state index in [2.05, 4.69) is 28.8 Å². The van der Waals surface area contributed by atoms with Crippen LogP contribution >= 0.6 is 0 Å². The van der Waals surface area contributed by atoms with Crippen molar-refractivity contribution in [2.75, 3.05) is 0 Å². The Balaban J connectivity index is 1.95. The highest BCUT2D eigenvalue weighted by atomic mass is 16.4. The Labute approximate surface area is 142 Å². The molecule has 0 saturated heterocycles. The predicted octanol–water partition coefficient (Wildman–Crippen LogP) is 6.28. The van der Waals surface area contributed by atoms with Crippen molar-refractivity contribution in [3.05, 3.63) is 78.9 Å². The van der Waals surface area contributed by atoms with E-state index >= 15 is 0 Å². The molecule has 0 amide bonds. The standard InChI is InChI=1S/C22H13NO2/c1-2-8-14(9-3-1)23-21-19(15-10-4-6-12-17(15)24-21)20-16-11-5-7-13-18(16)25-22(20)23/h1-13H. The lowest BCUT2D eigenvalue weighted by atomic mass is 10.1. The summed E-state index contributed by atoms with van der Waals surface area (Å²) < 4.78 is 14.5. The van der Waals surface area contributed by atoms with Crippen LogP contribution < -0.4 is 0 Å².